The quantitative estimate of drug-likeness (QED) is 0.272. The summed E-state index contributed by atoms with van der Waals surface area (Å²) < 4.78 is 23.5. The van der Waals surface area contributed by atoms with Crippen molar-refractivity contribution in [2.75, 3.05) is 34.5 Å². The zero-order valence-electron chi connectivity index (χ0n) is 19.9. The number of hydrogen-bond acceptors (Lipinski definition) is 7. The Morgan fingerprint density at radius 2 is 1.89 bits per heavy atom. The van der Waals surface area contributed by atoms with E-state index in [0.717, 1.165) is 16.3 Å². The van der Waals surface area contributed by atoms with E-state index in [4.69, 9.17) is 18.9 Å². The van der Waals surface area contributed by atoms with E-state index in [1.807, 2.05) is 24.3 Å². The van der Waals surface area contributed by atoms with Crippen molar-refractivity contribution < 1.29 is 23.7 Å². The van der Waals surface area contributed by atoms with Crippen molar-refractivity contribution in [1.29, 1.82) is 0 Å². The van der Waals surface area contributed by atoms with Gasteiger partial charge in [0.15, 0.2) is 17.6 Å². The highest BCUT2D eigenvalue weighted by Crippen LogP contribution is 2.39. The van der Waals surface area contributed by atoms with Crippen molar-refractivity contribution in [1.82, 2.24) is 14.7 Å². The summed E-state index contributed by atoms with van der Waals surface area (Å²) in [5.74, 6) is 1.13. The Morgan fingerprint density at radius 1 is 1.06 bits per heavy atom. The van der Waals surface area contributed by atoms with E-state index in [9.17, 15) is 9.59 Å². The van der Waals surface area contributed by atoms with E-state index in [2.05, 4.69) is 10.3 Å². The molecule has 5 aromatic rings. The Bertz CT molecular complexity index is 1630. The molecule has 3 aromatic heterocycles. The molecule has 1 amide bonds. The van der Waals surface area contributed by atoms with Crippen molar-refractivity contribution >= 4 is 44.0 Å². The normalized spacial score (nSPS) is 12.5. The van der Waals surface area contributed by atoms with Gasteiger partial charge in [0.25, 0.3) is 11.5 Å². The fourth-order valence-corrected chi connectivity index (χ4v) is 4.55. The van der Waals surface area contributed by atoms with Crippen molar-refractivity contribution in [3.63, 3.8) is 0 Å². The predicted molar refractivity (Wildman–Crippen MR) is 133 cm³/mol. The van der Waals surface area contributed by atoms with Gasteiger partial charge in [-0.05, 0) is 43.3 Å². The minimum atomic E-state index is -0.701. The van der Waals surface area contributed by atoms with Crippen LogP contribution >= 0.6 is 0 Å². The summed E-state index contributed by atoms with van der Waals surface area (Å²) in [4.78, 5) is 30.7. The molecule has 9 nitrogen and oxygen atoms in total. The highest BCUT2D eigenvalue weighted by atomic mass is 16.5. The fourth-order valence-electron chi connectivity index (χ4n) is 4.55. The molecule has 1 N–H and O–H groups in total. The predicted octanol–water partition coefficient (Wildman–Crippen LogP) is 3.14. The third-order valence-electron chi connectivity index (χ3n) is 6.15. The molecule has 2 aromatic carbocycles. The van der Waals surface area contributed by atoms with E-state index in [0.29, 0.717) is 52.2 Å². The van der Waals surface area contributed by atoms with Gasteiger partial charge in [-0.3, -0.25) is 19.0 Å². The Labute approximate surface area is 200 Å². The number of pyridine rings is 2. The largest absolute Gasteiger partial charge is 0.493 e. The number of amides is 1. The molecule has 0 bridgehead atoms. The first-order valence-corrected chi connectivity index (χ1v) is 11.2. The molecule has 0 spiro atoms. The summed E-state index contributed by atoms with van der Waals surface area (Å²) in [6, 6.07) is 10.9. The van der Waals surface area contributed by atoms with Crippen LogP contribution in [0.3, 0.4) is 0 Å². The highest BCUT2D eigenvalue weighted by Gasteiger charge is 2.22. The second-order valence-electron chi connectivity index (χ2n) is 8.14. The van der Waals surface area contributed by atoms with Crippen LogP contribution in [0.5, 0.6) is 17.2 Å². The first-order valence-electron chi connectivity index (χ1n) is 11.2. The van der Waals surface area contributed by atoms with Gasteiger partial charge in [-0.25, -0.2) is 0 Å². The molecule has 5 rings (SSSR count). The maximum atomic E-state index is 13.8. The maximum Gasteiger partial charge on any atom is 0.267 e. The van der Waals surface area contributed by atoms with Gasteiger partial charge in [-0.1, -0.05) is 0 Å². The molecule has 1 atom stereocenters. The molecule has 0 aliphatic carbocycles. The SMILES string of the molecule is COCCNC(=O)C(C)Oc1ccc2c(c1)c1ccnc3c4ccc(OC)c(OC)c4c(=O)n2c13. The lowest BCUT2D eigenvalue weighted by Crippen LogP contribution is -2.37. The molecule has 35 heavy (non-hydrogen) atoms. The number of methoxy groups -OCH3 is 3. The number of carbonyl (C=O) groups is 1. The van der Waals surface area contributed by atoms with Crippen molar-refractivity contribution in [3.8, 4) is 17.2 Å². The maximum absolute atomic E-state index is 13.8. The zero-order valence-corrected chi connectivity index (χ0v) is 19.9. The second-order valence-corrected chi connectivity index (χ2v) is 8.14. The summed E-state index contributed by atoms with van der Waals surface area (Å²) in [6.07, 6.45) is 1.02. The number of hydrogen-bond donors (Lipinski definition) is 1. The number of nitrogens with zero attached hydrogens (tertiary/aromatic N) is 2. The molecule has 9 heteroatoms. The second kappa shape index (κ2) is 8.92. The third-order valence-corrected chi connectivity index (χ3v) is 6.15. The summed E-state index contributed by atoms with van der Waals surface area (Å²) in [7, 11) is 4.62. The molecule has 0 radical (unpaired) electrons. The molecule has 0 aliphatic rings. The molecular weight excluding hydrogens is 450 g/mol. The molecule has 180 valence electrons. The summed E-state index contributed by atoms with van der Waals surface area (Å²) >= 11 is 0. The van der Waals surface area contributed by atoms with Gasteiger partial charge in [-0.15, -0.1) is 0 Å². The summed E-state index contributed by atoms with van der Waals surface area (Å²) in [5.41, 5.74) is 1.88. The van der Waals surface area contributed by atoms with Gasteiger partial charge in [0.05, 0.1) is 42.8 Å². The average Bonchev–Trinajstić information content (AvgIpc) is 3.21. The van der Waals surface area contributed by atoms with E-state index >= 15 is 0 Å². The van der Waals surface area contributed by atoms with E-state index in [-0.39, 0.29) is 11.5 Å². The van der Waals surface area contributed by atoms with Gasteiger partial charge >= 0.3 is 0 Å². The standard InChI is InChI=1S/C26H25N3O6/c1-14(25(30)28-11-12-32-2)35-15-5-7-19-18(13-15)16-9-10-27-22-17-6-8-20(33-3)24(34-4)21(17)26(31)29(19)23(16)22/h5-10,13-14H,11-12H2,1-4H3,(H,28,30). The number of ether oxygens (including phenoxy) is 4. The van der Waals surface area contributed by atoms with Crippen LogP contribution in [-0.4, -0.2) is 55.9 Å². The van der Waals surface area contributed by atoms with Crippen LogP contribution in [0.1, 0.15) is 6.92 Å². The van der Waals surface area contributed by atoms with Crippen LogP contribution < -0.4 is 25.1 Å². The number of aromatic nitrogens is 2. The Kier molecular flexibility index (Phi) is 5.78. The minimum Gasteiger partial charge on any atom is -0.493 e. The lowest BCUT2D eigenvalue weighted by atomic mass is 10.1. The number of carbonyl (C=O) groups excluding carboxylic acids is 1. The average molecular weight is 476 g/mol. The van der Waals surface area contributed by atoms with Gasteiger partial charge in [-0.2, -0.15) is 0 Å². The molecule has 0 fully saturated rings. The lowest BCUT2D eigenvalue weighted by molar-refractivity contribution is -0.127. The lowest BCUT2D eigenvalue weighted by Gasteiger charge is -2.14. The van der Waals surface area contributed by atoms with E-state index in [1.165, 1.54) is 14.2 Å². The van der Waals surface area contributed by atoms with Crippen LogP contribution in [-0.2, 0) is 9.53 Å². The van der Waals surface area contributed by atoms with Crippen LogP contribution in [0.15, 0.2) is 47.4 Å². The van der Waals surface area contributed by atoms with Crippen molar-refractivity contribution in [2.45, 2.75) is 13.0 Å². The van der Waals surface area contributed by atoms with Gasteiger partial charge in [0.1, 0.15) is 5.75 Å². The smallest absolute Gasteiger partial charge is 0.267 e. The molecule has 0 aliphatic heterocycles. The molecule has 3 heterocycles. The Hall–Kier alpha value is -4.11. The number of rotatable bonds is 8. The Morgan fingerprint density at radius 3 is 2.63 bits per heavy atom. The molecule has 0 saturated heterocycles. The summed E-state index contributed by atoms with van der Waals surface area (Å²) in [6.45, 7) is 2.52. The van der Waals surface area contributed by atoms with E-state index in [1.54, 1.807) is 36.8 Å². The monoisotopic (exact) mass is 475 g/mol. The number of nitrogens with one attached hydrogen (secondary N) is 1. The molecular formula is C26H25N3O6. The molecule has 0 saturated carbocycles. The minimum absolute atomic E-state index is 0.226. The summed E-state index contributed by atoms with van der Waals surface area (Å²) in [5, 5.41) is 5.54. The van der Waals surface area contributed by atoms with Gasteiger partial charge in [0.2, 0.25) is 0 Å². The fraction of sp³-hybridized carbons (Fsp3) is 0.269. The number of fused-ring (bicyclic) bond motifs is 5. The topological polar surface area (TPSA) is 100 Å². The first kappa shape index (κ1) is 22.7. The van der Waals surface area contributed by atoms with Crippen LogP contribution in [0.4, 0.5) is 0 Å². The van der Waals surface area contributed by atoms with Crippen molar-refractivity contribution in [2.24, 2.45) is 0 Å². The first-order chi connectivity index (χ1) is 17.0. The van der Waals surface area contributed by atoms with Crippen molar-refractivity contribution in [3.05, 3.63) is 52.9 Å². The molecule has 1 unspecified atom stereocenters. The van der Waals surface area contributed by atoms with E-state index < -0.39 is 6.10 Å². The highest BCUT2D eigenvalue weighted by molar-refractivity contribution is 6.19. The zero-order chi connectivity index (χ0) is 24.7. The van der Waals surface area contributed by atoms with Crippen LogP contribution in [0.2, 0.25) is 0 Å². The van der Waals surface area contributed by atoms with Crippen LogP contribution in [0.25, 0.3) is 38.1 Å². The number of benzene rings is 2. The third kappa shape index (κ3) is 3.55. The van der Waals surface area contributed by atoms with Gasteiger partial charge in [0, 0.05) is 36.0 Å². The van der Waals surface area contributed by atoms with Crippen LogP contribution in [0, 0.1) is 0 Å². The van der Waals surface area contributed by atoms with Gasteiger partial charge < -0.3 is 24.3 Å². The Balaban J connectivity index is 1.69.